The van der Waals surface area contributed by atoms with E-state index in [0.717, 1.165) is 4.80 Å². The second-order valence-electron chi connectivity index (χ2n) is 7.27. The van der Waals surface area contributed by atoms with Gasteiger partial charge in [-0.05, 0) is 12.1 Å². The van der Waals surface area contributed by atoms with Crippen molar-refractivity contribution in [2.45, 2.75) is 6.54 Å². The molecular formula is C18H19Cl2N9O3S. The van der Waals surface area contributed by atoms with E-state index in [9.17, 15) is 13.8 Å². The number of para-hydroxylation sites is 1. The highest BCUT2D eigenvalue weighted by atomic mass is 35.5. The van der Waals surface area contributed by atoms with Crippen LogP contribution in [0, 0.1) is 4.78 Å². The SMILES string of the molecule is N=S1(=O)CCN(C(=O)Cn2cc(Nc3nn(-c4c(Cl)cccc4Cl)nc3C(N)=O)cn2)CC1. The molecule has 174 valence electrons. The molecule has 2 aromatic heterocycles. The molecule has 33 heavy (non-hydrogen) atoms. The number of nitrogens with one attached hydrogen (secondary N) is 2. The van der Waals surface area contributed by atoms with Crippen molar-refractivity contribution in [1.29, 1.82) is 4.78 Å². The quantitative estimate of drug-likeness (QED) is 0.450. The van der Waals surface area contributed by atoms with E-state index < -0.39 is 15.6 Å². The topological polar surface area (TPSA) is 165 Å². The van der Waals surface area contributed by atoms with Gasteiger partial charge in [-0.1, -0.05) is 29.3 Å². The molecule has 2 amide bonds. The van der Waals surface area contributed by atoms with Crippen LogP contribution in [0.4, 0.5) is 11.5 Å². The molecule has 1 aliphatic heterocycles. The number of benzene rings is 1. The van der Waals surface area contributed by atoms with Crippen molar-refractivity contribution >= 4 is 56.3 Å². The van der Waals surface area contributed by atoms with Crippen LogP contribution in [-0.2, 0) is 21.1 Å². The number of aromatic nitrogens is 5. The van der Waals surface area contributed by atoms with E-state index in [0.29, 0.717) is 5.69 Å². The van der Waals surface area contributed by atoms with Gasteiger partial charge in [-0.25, -0.2) is 4.21 Å². The van der Waals surface area contributed by atoms with Crippen molar-refractivity contribution < 1.29 is 13.8 Å². The number of carbonyl (C=O) groups is 2. The molecule has 3 heterocycles. The summed E-state index contributed by atoms with van der Waals surface area (Å²) in [5, 5.41) is 16.0. The van der Waals surface area contributed by atoms with E-state index in [1.54, 1.807) is 29.3 Å². The number of rotatable bonds is 6. The number of anilines is 2. The van der Waals surface area contributed by atoms with Gasteiger partial charge in [0.25, 0.3) is 5.91 Å². The Hall–Kier alpha value is -3.16. The van der Waals surface area contributed by atoms with Crippen molar-refractivity contribution in [2.75, 3.05) is 29.9 Å². The summed E-state index contributed by atoms with van der Waals surface area (Å²) < 4.78 is 20.8. The molecule has 0 spiro atoms. The van der Waals surface area contributed by atoms with E-state index in [1.807, 2.05) is 0 Å². The largest absolute Gasteiger partial charge is 0.364 e. The van der Waals surface area contributed by atoms with Gasteiger partial charge in [0.1, 0.15) is 12.2 Å². The Morgan fingerprint density at radius 3 is 2.48 bits per heavy atom. The number of nitrogens with zero attached hydrogens (tertiary/aromatic N) is 6. The van der Waals surface area contributed by atoms with E-state index in [4.69, 9.17) is 33.7 Å². The average molecular weight is 512 g/mol. The summed E-state index contributed by atoms with van der Waals surface area (Å²) in [6.45, 7) is 0.526. The van der Waals surface area contributed by atoms with Crippen LogP contribution in [0.1, 0.15) is 10.5 Å². The van der Waals surface area contributed by atoms with Crippen LogP contribution in [-0.4, -0.2) is 70.3 Å². The molecule has 1 fully saturated rings. The lowest BCUT2D eigenvalue weighted by molar-refractivity contribution is -0.131. The Balaban J connectivity index is 1.50. The van der Waals surface area contributed by atoms with Gasteiger partial charge in [0.15, 0.2) is 11.5 Å². The minimum absolute atomic E-state index is 0.0362. The second-order valence-corrected chi connectivity index (χ2v) is 10.5. The number of halogens is 2. The molecular weight excluding hydrogens is 493 g/mol. The molecule has 1 aliphatic rings. The number of hydrogen-bond acceptors (Lipinski definition) is 8. The van der Waals surface area contributed by atoms with Gasteiger partial charge in [-0.2, -0.15) is 5.10 Å². The molecule has 1 saturated heterocycles. The fraction of sp³-hybridized carbons (Fsp3) is 0.278. The molecule has 0 saturated carbocycles. The molecule has 12 nitrogen and oxygen atoms in total. The van der Waals surface area contributed by atoms with Crippen LogP contribution in [0.25, 0.3) is 5.69 Å². The molecule has 0 radical (unpaired) electrons. The van der Waals surface area contributed by atoms with Crippen molar-refractivity contribution in [1.82, 2.24) is 29.7 Å². The van der Waals surface area contributed by atoms with Crippen molar-refractivity contribution in [3.8, 4) is 5.69 Å². The van der Waals surface area contributed by atoms with Gasteiger partial charge in [0.2, 0.25) is 5.91 Å². The molecule has 0 aliphatic carbocycles. The zero-order valence-corrected chi connectivity index (χ0v) is 19.4. The van der Waals surface area contributed by atoms with Gasteiger partial charge in [-0.3, -0.25) is 19.1 Å². The van der Waals surface area contributed by atoms with Gasteiger partial charge in [0.05, 0.1) is 21.9 Å². The Labute approximate surface area is 198 Å². The predicted octanol–water partition coefficient (Wildman–Crippen LogP) is 1.50. The maximum atomic E-state index is 12.5. The summed E-state index contributed by atoms with van der Waals surface area (Å²) in [5.41, 5.74) is 6.03. The minimum atomic E-state index is -2.58. The van der Waals surface area contributed by atoms with Crippen LogP contribution < -0.4 is 11.1 Å². The van der Waals surface area contributed by atoms with Gasteiger partial charge in [-0.15, -0.1) is 15.0 Å². The standard InChI is InChI=1S/C18H19Cl2N9O3S/c19-12-2-1-3-13(20)16(12)29-25-15(17(21)31)18(26-29)24-11-8-23-28(9-11)10-14(30)27-4-6-33(22,32)7-5-27/h1-3,8-9,22H,4-7,10H2,(H2,21,31)(H,24,26). The third-order valence-electron chi connectivity index (χ3n) is 4.91. The van der Waals surface area contributed by atoms with E-state index in [1.165, 1.54) is 10.9 Å². The third-order valence-corrected chi connectivity index (χ3v) is 7.21. The highest BCUT2D eigenvalue weighted by molar-refractivity contribution is 7.92. The highest BCUT2D eigenvalue weighted by Gasteiger charge is 2.24. The first-order valence-electron chi connectivity index (χ1n) is 9.66. The molecule has 3 aromatic rings. The number of hydrogen-bond donors (Lipinski definition) is 3. The summed E-state index contributed by atoms with van der Waals surface area (Å²) in [6.07, 6.45) is 3.01. The highest BCUT2D eigenvalue weighted by Crippen LogP contribution is 2.28. The fourth-order valence-electron chi connectivity index (χ4n) is 3.21. The van der Waals surface area contributed by atoms with Crippen molar-refractivity contribution in [3.05, 3.63) is 46.3 Å². The summed E-state index contributed by atoms with van der Waals surface area (Å²) in [6, 6.07) is 4.88. The molecule has 15 heteroatoms. The van der Waals surface area contributed by atoms with E-state index in [2.05, 4.69) is 20.6 Å². The first kappa shape index (κ1) is 23.0. The predicted molar refractivity (Wildman–Crippen MR) is 123 cm³/mol. The van der Waals surface area contributed by atoms with Crippen LogP contribution >= 0.6 is 23.2 Å². The van der Waals surface area contributed by atoms with Crippen LogP contribution in [0.3, 0.4) is 0 Å². The lowest BCUT2D eigenvalue weighted by Crippen LogP contribution is -2.44. The Morgan fingerprint density at radius 1 is 1.18 bits per heavy atom. The monoisotopic (exact) mass is 511 g/mol. The maximum Gasteiger partial charge on any atom is 0.273 e. The molecule has 0 unspecified atom stereocenters. The normalized spacial score (nSPS) is 15.4. The summed E-state index contributed by atoms with van der Waals surface area (Å²) in [7, 11) is -2.58. The second kappa shape index (κ2) is 9.00. The van der Waals surface area contributed by atoms with Gasteiger partial charge < -0.3 is 16.0 Å². The number of carbonyl (C=O) groups excluding carboxylic acids is 2. The number of nitrogens with two attached hydrogens (primary N) is 1. The first-order chi connectivity index (χ1) is 15.6. The number of primary amides is 1. The maximum absolute atomic E-state index is 12.5. The molecule has 0 bridgehead atoms. The zero-order valence-electron chi connectivity index (χ0n) is 17.1. The lowest BCUT2D eigenvalue weighted by atomic mass is 10.3. The molecule has 4 N–H and O–H groups in total. The molecule has 4 rings (SSSR count). The third kappa shape index (κ3) is 5.10. The lowest BCUT2D eigenvalue weighted by Gasteiger charge is -2.27. The Bertz CT molecular complexity index is 1300. The van der Waals surface area contributed by atoms with Gasteiger partial charge >= 0.3 is 0 Å². The summed E-state index contributed by atoms with van der Waals surface area (Å²) in [4.78, 5) is 27.1. The number of amides is 2. The van der Waals surface area contributed by atoms with Crippen LogP contribution in [0.5, 0.6) is 0 Å². The van der Waals surface area contributed by atoms with Crippen LogP contribution in [0.15, 0.2) is 30.6 Å². The molecule has 0 atom stereocenters. The summed E-state index contributed by atoms with van der Waals surface area (Å²) >= 11 is 12.4. The van der Waals surface area contributed by atoms with E-state index >= 15 is 0 Å². The average Bonchev–Trinajstić information content (AvgIpc) is 3.35. The van der Waals surface area contributed by atoms with E-state index in [-0.39, 0.29) is 64.3 Å². The Kier molecular flexibility index (Phi) is 6.28. The smallest absolute Gasteiger partial charge is 0.273 e. The Morgan fingerprint density at radius 2 is 1.85 bits per heavy atom. The van der Waals surface area contributed by atoms with Gasteiger partial charge in [0, 0.05) is 40.5 Å². The van der Waals surface area contributed by atoms with Crippen molar-refractivity contribution in [2.24, 2.45) is 5.73 Å². The van der Waals surface area contributed by atoms with Crippen molar-refractivity contribution in [3.63, 3.8) is 0 Å². The zero-order chi connectivity index (χ0) is 23.8. The fourth-order valence-corrected chi connectivity index (χ4v) is 4.99. The first-order valence-corrected chi connectivity index (χ1v) is 12.3. The van der Waals surface area contributed by atoms with Crippen LogP contribution in [0.2, 0.25) is 10.0 Å². The summed E-state index contributed by atoms with van der Waals surface area (Å²) in [5.74, 6) is -0.607. The molecule has 1 aromatic carbocycles. The minimum Gasteiger partial charge on any atom is -0.364 e.